The third kappa shape index (κ3) is 3.22. The minimum absolute atomic E-state index is 0.00315. The summed E-state index contributed by atoms with van der Waals surface area (Å²) in [6.45, 7) is -0.00315. The van der Waals surface area contributed by atoms with Gasteiger partial charge in [-0.3, -0.25) is 0 Å². The molecule has 0 aromatic heterocycles. The first-order chi connectivity index (χ1) is 8.69. The lowest BCUT2D eigenvalue weighted by Crippen LogP contribution is -1.94. The van der Waals surface area contributed by atoms with E-state index in [1.54, 1.807) is 36.4 Å². The van der Waals surface area contributed by atoms with Gasteiger partial charge in [0, 0.05) is 11.6 Å². The molecular formula is C14H12ClFO2. The summed E-state index contributed by atoms with van der Waals surface area (Å²) in [5, 5.41) is 9.37. The minimum atomic E-state index is -0.448. The Labute approximate surface area is 110 Å². The van der Waals surface area contributed by atoms with Crippen LogP contribution in [-0.4, -0.2) is 11.7 Å². The molecule has 2 rings (SSSR count). The van der Waals surface area contributed by atoms with Crippen molar-refractivity contribution >= 4 is 11.6 Å². The second-order valence-electron chi connectivity index (χ2n) is 3.79. The molecular weight excluding hydrogens is 255 g/mol. The molecule has 0 saturated heterocycles. The van der Waals surface area contributed by atoms with E-state index in [4.69, 9.17) is 21.4 Å². The molecule has 94 valence electrons. The van der Waals surface area contributed by atoms with Crippen LogP contribution in [0.1, 0.15) is 5.56 Å². The Morgan fingerprint density at radius 1 is 1.11 bits per heavy atom. The van der Waals surface area contributed by atoms with Crippen LogP contribution in [0.5, 0.6) is 11.5 Å². The minimum Gasteiger partial charge on any atom is -0.454 e. The smallest absolute Gasteiger partial charge is 0.165 e. The van der Waals surface area contributed by atoms with Crippen molar-refractivity contribution in [1.29, 1.82) is 0 Å². The van der Waals surface area contributed by atoms with E-state index in [0.717, 1.165) is 5.56 Å². The van der Waals surface area contributed by atoms with Crippen LogP contribution in [0.25, 0.3) is 0 Å². The highest BCUT2D eigenvalue weighted by Crippen LogP contribution is 2.26. The molecule has 0 radical (unpaired) electrons. The van der Waals surface area contributed by atoms with Crippen LogP contribution < -0.4 is 4.74 Å². The number of aliphatic hydroxyl groups is 1. The van der Waals surface area contributed by atoms with Crippen LogP contribution >= 0.6 is 11.6 Å². The van der Waals surface area contributed by atoms with Gasteiger partial charge in [-0.15, -0.1) is 0 Å². The molecule has 0 unspecified atom stereocenters. The molecule has 0 aliphatic rings. The Morgan fingerprint density at radius 2 is 1.83 bits per heavy atom. The van der Waals surface area contributed by atoms with E-state index in [-0.39, 0.29) is 12.4 Å². The fourth-order valence-electron chi connectivity index (χ4n) is 1.54. The summed E-state index contributed by atoms with van der Waals surface area (Å²) in [6.07, 6.45) is 0.429. The molecule has 0 heterocycles. The van der Waals surface area contributed by atoms with Gasteiger partial charge in [-0.2, -0.15) is 0 Å². The van der Waals surface area contributed by atoms with Crippen molar-refractivity contribution in [1.82, 2.24) is 0 Å². The second-order valence-corrected chi connectivity index (χ2v) is 4.23. The normalized spacial score (nSPS) is 10.4. The number of rotatable bonds is 4. The highest BCUT2D eigenvalue weighted by atomic mass is 35.5. The summed E-state index contributed by atoms with van der Waals surface area (Å²) in [7, 11) is 0. The molecule has 2 aromatic rings. The third-order valence-electron chi connectivity index (χ3n) is 2.44. The molecule has 0 aliphatic carbocycles. The summed E-state index contributed by atoms with van der Waals surface area (Å²) >= 11 is 5.75. The van der Waals surface area contributed by atoms with E-state index in [2.05, 4.69) is 0 Å². The van der Waals surface area contributed by atoms with Crippen LogP contribution in [0.15, 0.2) is 42.5 Å². The molecule has 1 N–H and O–H groups in total. The third-order valence-corrected chi connectivity index (χ3v) is 2.69. The van der Waals surface area contributed by atoms with E-state index in [1.165, 1.54) is 6.07 Å². The fraction of sp³-hybridized carbons (Fsp3) is 0.143. The SMILES string of the molecule is OCCc1ccc(Oc2ccc(Cl)cc2)c(F)c1. The van der Waals surface area contributed by atoms with E-state index >= 15 is 0 Å². The molecule has 2 aromatic carbocycles. The van der Waals surface area contributed by atoms with Crippen LogP contribution in [0.4, 0.5) is 4.39 Å². The van der Waals surface area contributed by atoms with Crippen molar-refractivity contribution in [2.24, 2.45) is 0 Å². The molecule has 0 saturated carbocycles. The van der Waals surface area contributed by atoms with E-state index in [9.17, 15) is 4.39 Å². The number of halogens is 2. The Kier molecular flexibility index (Phi) is 4.18. The van der Waals surface area contributed by atoms with Crippen molar-refractivity contribution in [3.63, 3.8) is 0 Å². The van der Waals surface area contributed by atoms with Crippen molar-refractivity contribution < 1.29 is 14.2 Å². The zero-order valence-electron chi connectivity index (χ0n) is 9.57. The Bertz CT molecular complexity index is 526. The maximum Gasteiger partial charge on any atom is 0.165 e. The Hall–Kier alpha value is -1.58. The highest BCUT2D eigenvalue weighted by molar-refractivity contribution is 6.30. The van der Waals surface area contributed by atoms with Crippen molar-refractivity contribution in [3.05, 3.63) is 58.9 Å². The number of hydrogen-bond acceptors (Lipinski definition) is 2. The maximum absolute atomic E-state index is 13.7. The zero-order chi connectivity index (χ0) is 13.0. The van der Waals surface area contributed by atoms with Gasteiger partial charge in [0.1, 0.15) is 5.75 Å². The van der Waals surface area contributed by atoms with Gasteiger partial charge < -0.3 is 9.84 Å². The van der Waals surface area contributed by atoms with Gasteiger partial charge >= 0.3 is 0 Å². The molecule has 0 aliphatic heterocycles. The predicted molar refractivity (Wildman–Crippen MR) is 68.7 cm³/mol. The largest absolute Gasteiger partial charge is 0.454 e. The molecule has 18 heavy (non-hydrogen) atoms. The molecule has 4 heteroatoms. The topological polar surface area (TPSA) is 29.5 Å². The first-order valence-electron chi connectivity index (χ1n) is 5.52. The molecule has 2 nitrogen and oxygen atoms in total. The lowest BCUT2D eigenvalue weighted by atomic mass is 10.1. The van der Waals surface area contributed by atoms with Gasteiger partial charge in [-0.1, -0.05) is 17.7 Å². The maximum atomic E-state index is 13.7. The van der Waals surface area contributed by atoms with E-state index < -0.39 is 5.82 Å². The quantitative estimate of drug-likeness (QED) is 0.912. The lowest BCUT2D eigenvalue weighted by Gasteiger charge is -2.08. The Balaban J connectivity index is 2.16. The van der Waals surface area contributed by atoms with E-state index in [1.807, 2.05) is 0 Å². The van der Waals surface area contributed by atoms with Gasteiger partial charge in [-0.05, 0) is 48.4 Å². The van der Waals surface area contributed by atoms with E-state index in [0.29, 0.717) is 17.2 Å². The first-order valence-corrected chi connectivity index (χ1v) is 5.89. The summed E-state index contributed by atoms with van der Waals surface area (Å²) in [5.41, 5.74) is 0.735. The van der Waals surface area contributed by atoms with Gasteiger partial charge in [0.15, 0.2) is 11.6 Å². The highest BCUT2D eigenvalue weighted by Gasteiger charge is 2.06. The van der Waals surface area contributed by atoms with Crippen molar-refractivity contribution in [3.8, 4) is 11.5 Å². The molecule has 0 fully saturated rings. The van der Waals surface area contributed by atoms with Crippen LogP contribution in [0.2, 0.25) is 5.02 Å². The first kappa shape index (κ1) is 12.9. The van der Waals surface area contributed by atoms with Gasteiger partial charge in [0.25, 0.3) is 0 Å². The zero-order valence-corrected chi connectivity index (χ0v) is 10.3. The average Bonchev–Trinajstić information content (AvgIpc) is 2.36. The molecule has 0 atom stereocenters. The summed E-state index contributed by atoms with van der Waals surface area (Å²) in [4.78, 5) is 0. The second kappa shape index (κ2) is 5.85. The van der Waals surface area contributed by atoms with Crippen LogP contribution in [0.3, 0.4) is 0 Å². The van der Waals surface area contributed by atoms with Gasteiger partial charge in [0.2, 0.25) is 0 Å². The standard InChI is InChI=1S/C14H12ClFO2/c15-11-2-4-12(5-3-11)18-14-6-1-10(7-8-17)9-13(14)16/h1-6,9,17H,7-8H2. The molecule has 0 spiro atoms. The van der Waals surface area contributed by atoms with Gasteiger partial charge in [0.05, 0.1) is 0 Å². The number of ether oxygens (including phenoxy) is 1. The molecule has 0 amide bonds. The monoisotopic (exact) mass is 266 g/mol. The molecule has 0 bridgehead atoms. The lowest BCUT2D eigenvalue weighted by molar-refractivity contribution is 0.299. The summed E-state index contributed by atoms with van der Waals surface area (Å²) in [6, 6.07) is 11.3. The van der Waals surface area contributed by atoms with Crippen LogP contribution in [0, 0.1) is 5.82 Å². The van der Waals surface area contributed by atoms with Crippen molar-refractivity contribution in [2.75, 3.05) is 6.61 Å². The summed E-state index contributed by atoms with van der Waals surface area (Å²) < 4.78 is 19.1. The number of hydrogen-bond donors (Lipinski definition) is 1. The average molecular weight is 267 g/mol. The fourth-order valence-corrected chi connectivity index (χ4v) is 1.67. The van der Waals surface area contributed by atoms with Gasteiger partial charge in [-0.25, -0.2) is 4.39 Å². The number of benzene rings is 2. The predicted octanol–water partition coefficient (Wildman–Crippen LogP) is 3.81. The van der Waals surface area contributed by atoms with Crippen molar-refractivity contribution in [2.45, 2.75) is 6.42 Å². The number of aliphatic hydroxyl groups excluding tert-OH is 1. The van der Waals surface area contributed by atoms with Crippen LogP contribution in [-0.2, 0) is 6.42 Å². The Morgan fingerprint density at radius 3 is 2.44 bits per heavy atom. The summed E-state index contributed by atoms with van der Waals surface area (Å²) in [5.74, 6) is 0.225.